The highest BCUT2D eigenvalue weighted by Gasteiger charge is 2.46. The van der Waals surface area contributed by atoms with E-state index < -0.39 is 0 Å². The maximum absolute atomic E-state index is 12.6. The van der Waals surface area contributed by atoms with Crippen molar-refractivity contribution in [3.63, 3.8) is 0 Å². The van der Waals surface area contributed by atoms with E-state index in [1.165, 1.54) is 44.5 Å². The predicted molar refractivity (Wildman–Crippen MR) is 149 cm³/mol. The molecule has 0 saturated carbocycles. The van der Waals surface area contributed by atoms with E-state index in [0.717, 1.165) is 5.56 Å². The van der Waals surface area contributed by atoms with E-state index in [9.17, 15) is 4.79 Å². The fourth-order valence-corrected chi connectivity index (χ4v) is 5.97. The molecule has 1 aliphatic rings. The van der Waals surface area contributed by atoms with Crippen LogP contribution in [0.15, 0.2) is 91.0 Å². The molecule has 2 heteroatoms. The zero-order valence-corrected chi connectivity index (χ0v) is 21.9. The van der Waals surface area contributed by atoms with Gasteiger partial charge in [-0.1, -0.05) is 113 Å². The van der Waals surface area contributed by atoms with Crippen LogP contribution in [0.2, 0.25) is 0 Å². The third-order valence-electron chi connectivity index (χ3n) is 7.74. The van der Waals surface area contributed by atoms with Crippen LogP contribution in [0.5, 0.6) is 0 Å². The third kappa shape index (κ3) is 4.60. The highest BCUT2D eigenvalue weighted by molar-refractivity contribution is 5.74. The van der Waals surface area contributed by atoms with E-state index in [4.69, 9.17) is 0 Å². The summed E-state index contributed by atoms with van der Waals surface area (Å²) < 4.78 is 0. The molecule has 0 bridgehead atoms. The second-order valence-electron chi connectivity index (χ2n) is 10.6. The van der Waals surface area contributed by atoms with E-state index in [1.807, 2.05) is 0 Å². The summed E-state index contributed by atoms with van der Waals surface area (Å²) in [6, 6.07) is 33.4. The number of hydrogen-bond acceptors (Lipinski definition) is 1. The number of amides is 1. The number of aryl methyl sites for hydroxylation is 4. The Bertz CT molecular complexity index is 1370. The van der Waals surface area contributed by atoms with Gasteiger partial charge in [-0.05, 0) is 55.5 Å². The summed E-state index contributed by atoms with van der Waals surface area (Å²) in [5.41, 5.74) is 11.5. The molecule has 4 atom stereocenters. The van der Waals surface area contributed by atoms with Gasteiger partial charge < -0.3 is 5.32 Å². The van der Waals surface area contributed by atoms with Gasteiger partial charge in [-0.25, -0.2) is 0 Å². The smallest absolute Gasteiger partial charge is 0.217 e. The minimum Gasteiger partial charge on any atom is -0.349 e. The fourth-order valence-electron chi connectivity index (χ4n) is 5.97. The lowest BCUT2D eigenvalue weighted by molar-refractivity contribution is -0.119. The summed E-state index contributed by atoms with van der Waals surface area (Å²) in [5, 5.41) is 3.37. The first kappa shape index (κ1) is 24.1. The van der Waals surface area contributed by atoms with E-state index in [2.05, 4.69) is 124 Å². The molecule has 0 radical (unpaired) electrons. The van der Waals surface area contributed by atoms with Crippen LogP contribution in [-0.2, 0) is 4.79 Å². The van der Waals surface area contributed by atoms with Crippen molar-refractivity contribution in [1.82, 2.24) is 5.32 Å². The molecule has 0 fully saturated rings. The Labute approximate surface area is 215 Å². The molecule has 1 aliphatic carbocycles. The Morgan fingerprint density at radius 3 is 1.69 bits per heavy atom. The topological polar surface area (TPSA) is 29.1 Å². The number of carbonyl (C=O) groups excluding carboxylic acids is 1. The normalized spacial score (nSPS) is 19.5. The van der Waals surface area contributed by atoms with Crippen LogP contribution in [0.25, 0.3) is 0 Å². The van der Waals surface area contributed by atoms with Crippen molar-refractivity contribution < 1.29 is 4.79 Å². The second kappa shape index (κ2) is 9.78. The van der Waals surface area contributed by atoms with Crippen molar-refractivity contribution in [1.29, 1.82) is 0 Å². The number of carbonyl (C=O) groups is 1. The van der Waals surface area contributed by atoms with Gasteiger partial charge in [0.15, 0.2) is 0 Å². The van der Waals surface area contributed by atoms with Crippen molar-refractivity contribution >= 4 is 5.91 Å². The van der Waals surface area contributed by atoms with Crippen molar-refractivity contribution in [2.45, 2.75) is 58.4 Å². The van der Waals surface area contributed by atoms with Crippen LogP contribution in [0.1, 0.15) is 80.8 Å². The molecule has 0 aliphatic heterocycles. The molecule has 1 N–H and O–H groups in total. The number of rotatable bonds is 5. The number of benzene rings is 4. The van der Waals surface area contributed by atoms with E-state index in [1.54, 1.807) is 6.92 Å². The quantitative estimate of drug-likeness (QED) is 0.315. The maximum Gasteiger partial charge on any atom is 0.217 e. The van der Waals surface area contributed by atoms with Gasteiger partial charge in [0.2, 0.25) is 5.91 Å². The van der Waals surface area contributed by atoms with E-state index in [-0.39, 0.29) is 29.7 Å². The molecule has 1 amide bonds. The summed E-state index contributed by atoms with van der Waals surface area (Å²) in [6.45, 7) is 10.2. The molecule has 2 nitrogen and oxygen atoms in total. The summed E-state index contributed by atoms with van der Waals surface area (Å²) in [7, 11) is 0. The Kier molecular flexibility index (Phi) is 6.53. The van der Waals surface area contributed by atoms with Gasteiger partial charge in [0.05, 0.1) is 6.04 Å². The first-order chi connectivity index (χ1) is 17.3. The lowest BCUT2D eigenvalue weighted by atomic mass is 9.74. The molecule has 182 valence electrons. The van der Waals surface area contributed by atoms with Crippen LogP contribution >= 0.6 is 0 Å². The SMILES string of the molecule is CC(=O)N[C@H](c1ccc(C)cc1)[C@H]1c2ccc(C)cc2[C@@H](c2ccc(C)cc2)[C@@H]1c1ccc(C)cc1. The lowest BCUT2D eigenvalue weighted by Crippen LogP contribution is -2.32. The number of hydrogen-bond donors (Lipinski definition) is 1. The third-order valence-corrected chi connectivity index (χ3v) is 7.74. The molecule has 5 rings (SSSR count). The Morgan fingerprint density at radius 1 is 0.639 bits per heavy atom. The van der Waals surface area contributed by atoms with E-state index >= 15 is 0 Å². The summed E-state index contributed by atoms with van der Waals surface area (Å²) in [5.74, 6) is 0.482. The monoisotopic (exact) mass is 473 g/mol. The first-order valence-corrected chi connectivity index (χ1v) is 12.9. The van der Waals surface area contributed by atoms with Crippen LogP contribution in [-0.4, -0.2) is 5.91 Å². The Morgan fingerprint density at radius 2 is 1.14 bits per heavy atom. The molecule has 0 unspecified atom stereocenters. The highest BCUT2D eigenvalue weighted by atomic mass is 16.1. The Hall–Kier alpha value is -3.65. The minimum absolute atomic E-state index is 0.00400. The molecule has 0 saturated heterocycles. The van der Waals surface area contributed by atoms with Crippen LogP contribution in [0.3, 0.4) is 0 Å². The van der Waals surface area contributed by atoms with Crippen LogP contribution in [0, 0.1) is 27.7 Å². The molecular weight excluding hydrogens is 438 g/mol. The largest absolute Gasteiger partial charge is 0.349 e. The van der Waals surface area contributed by atoms with Gasteiger partial charge >= 0.3 is 0 Å². The van der Waals surface area contributed by atoms with Crippen molar-refractivity contribution in [2.75, 3.05) is 0 Å². The number of nitrogens with one attached hydrogen (secondary N) is 1. The maximum atomic E-state index is 12.6. The molecule has 4 aromatic rings. The van der Waals surface area contributed by atoms with Crippen molar-refractivity contribution in [3.8, 4) is 0 Å². The molecule has 0 spiro atoms. The zero-order valence-electron chi connectivity index (χ0n) is 21.9. The molecular formula is C34H35NO. The van der Waals surface area contributed by atoms with Crippen LogP contribution < -0.4 is 5.32 Å². The minimum atomic E-state index is -0.133. The Balaban J connectivity index is 1.76. The van der Waals surface area contributed by atoms with Crippen molar-refractivity contribution in [3.05, 3.63) is 141 Å². The average Bonchev–Trinajstić information content (AvgIpc) is 3.18. The summed E-state index contributed by atoms with van der Waals surface area (Å²) in [6.07, 6.45) is 0. The van der Waals surface area contributed by atoms with Gasteiger partial charge in [-0.3, -0.25) is 4.79 Å². The summed E-state index contributed by atoms with van der Waals surface area (Å²) in [4.78, 5) is 12.6. The standard InChI is InChI=1S/C34H35NO/c1-21-6-13-26(14-7-21)31-30-20-24(4)12-19-29(30)33(32(31)27-15-8-22(2)9-16-27)34(35-25(5)36)28-17-10-23(3)11-18-28/h6-20,31-34H,1-5H3,(H,35,36)/t31-,32+,33+,34-/m1/s1. The van der Waals surface area contributed by atoms with Crippen molar-refractivity contribution in [2.24, 2.45) is 0 Å². The molecule has 0 heterocycles. The first-order valence-electron chi connectivity index (χ1n) is 12.9. The van der Waals surface area contributed by atoms with Gasteiger partial charge in [-0.15, -0.1) is 0 Å². The molecule has 0 aromatic heterocycles. The number of fused-ring (bicyclic) bond motifs is 1. The zero-order chi connectivity index (χ0) is 25.4. The van der Waals surface area contributed by atoms with Crippen LogP contribution in [0.4, 0.5) is 0 Å². The molecule has 4 aromatic carbocycles. The highest BCUT2D eigenvalue weighted by Crippen LogP contribution is 2.58. The summed E-state index contributed by atoms with van der Waals surface area (Å²) >= 11 is 0. The predicted octanol–water partition coefficient (Wildman–Crippen LogP) is 7.81. The van der Waals surface area contributed by atoms with Gasteiger partial charge in [0.25, 0.3) is 0 Å². The van der Waals surface area contributed by atoms with E-state index in [0.29, 0.717) is 0 Å². The molecule has 36 heavy (non-hydrogen) atoms. The lowest BCUT2D eigenvalue weighted by Gasteiger charge is -2.33. The second-order valence-corrected chi connectivity index (χ2v) is 10.6. The average molecular weight is 474 g/mol. The fraction of sp³-hybridized carbons (Fsp3) is 0.265. The van der Waals surface area contributed by atoms with Gasteiger partial charge in [0, 0.05) is 24.7 Å². The van der Waals surface area contributed by atoms with Gasteiger partial charge in [0.1, 0.15) is 0 Å². The van der Waals surface area contributed by atoms with Gasteiger partial charge in [-0.2, -0.15) is 0 Å².